The summed E-state index contributed by atoms with van der Waals surface area (Å²) in [7, 11) is 0. The first-order valence-corrected chi connectivity index (χ1v) is 11.3. The maximum atomic E-state index is 8.60. The molecular weight excluding hydrogens is 527 g/mol. The van der Waals surface area contributed by atoms with Gasteiger partial charge in [0, 0.05) is 20.7 Å². The molecule has 3 aromatic rings. The average molecular weight is 554 g/mol. The molecule has 2 aromatic carbocycles. The van der Waals surface area contributed by atoms with Crippen molar-refractivity contribution in [1.29, 1.82) is 0 Å². The number of nitrogen functional groups attached to an aromatic ring is 1. The zero-order chi connectivity index (χ0) is 22.6. The van der Waals surface area contributed by atoms with Crippen LogP contribution in [-0.4, -0.2) is 67.9 Å². The van der Waals surface area contributed by atoms with Gasteiger partial charge >= 0.3 is 0 Å². The van der Waals surface area contributed by atoms with Gasteiger partial charge in [0.15, 0.2) is 0 Å². The monoisotopic (exact) mass is 554 g/mol. The van der Waals surface area contributed by atoms with Crippen molar-refractivity contribution in [2.24, 2.45) is 0 Å². The number of nitrogens with one attached hydrogen (secondary N) is 1. The number of rotatable bonds is 14. The van der Waals surface area contributed by atoms with Crippen LogP contribution < -0.4 is 15.8 Å². The topological polar surface area (TPSA) is 121 Å². The largest absolute Gasteiger partial charge is 0.489 e. The van der Waals surface area contributed by atoms with Crippen LogP contribution in [0.5, 0.6) is 5.75 Å². The number of hydrogen-bond donors (Lipinski definition) is 3. The summed E-state index contributed by atoms with van der Waals surface area (Å²) < 4.78 is 22.9. The van der Waals surface area contributed by atoms with Gasteiger partial charge in [-0.05, 0) is 46.9 Å². The Morgan fingerprint density at radius 2 is 1.62 bits per heavy atom. The van der Waals surface area contributed by atoms with Gasteiger partial charge in [0.25, 0.3) is 0 Å². The van der Waals surface area contributed by atoms with E-state index in [1.165, 1.54) is 6.33 Å². The van der Waals surface area contributed by atoms with Crippen molar-refractivity contribution in [2.45, 2.75) is 0 Å². The fourth-order valence-electron chi connectivity index (χ4n) is 2.85. The van der Waals surface area contributed by atoms with Gasteiger partial charge in [-0.25, -0.2) is 9.97 Å². The van der Waals surface area contributed by atoms with Gasteiger partial charge in [-0.3, -0.25) is 0 Å². The molecule has 9 nitrogen and oxygen atoms in total. The Labute approximate surface area is 200 Å². The highest BCUT2D eigenvalue weighted by Gasteiger charge is 2.10. The van der Waals surface area contributed by atoms with E-state index in [1.54, 1.807) is 0 Å². The highest BCUT2D eigenvalue weighted by atomic mass is 127. The zero-order valence-electron chi connectivity index (χ0n) is 17.6. The zero-order valence-corrected chi connectivity index (χ0v) is 19.8. The van der Waals surface area contributed by atoms with Crippen LogP contribution in [0, 0.1) is 3.57 Å². The molecule has 0 spiro atoms. The number of halogens is 1. The van der Waals surface area contributed by atoms with Crippen LogP contribution in [-0.2, 0) is 14.2 Å². The summed E-state index contributed by atoms with van der Waals surface area (Å²) in [5.74, 6) is 1.23. The molecule has 0 radical (unpaired) electrons. The second-order valence-corrected chi connectivity index (χ2v) is 7.92. The molecule has 10 heteroatoms. The Balaban J connectivity index is 1.47. The van der Waals surface area contributed by atoms with Crippen molar-refractivity contribution in [3.63, 3.8) is 0 Å². The standard InChI is InChI=1S/C22H27IN4O5/c23-16-2-1-3-17(12-16)27-22-18-13-19(24)21(14-20(18)25-15-26-22)32-11-10-31-9-8-30-7-6-29-5-4-28/h1-3,12-15,28H,4-11,24H2,(H,25,26,27). The molecule has 0 amide bonds. The SMILES string of the molecule is Nc1cc2c(Nc3cccc(I)c3)ncnc2cc1OCCOCCOCCOCCO. The highest BCUT2D eigenvalue weighted by Crippen LogP contribution is 2.31. The van der Waals surface area contributed by atoms with Crippen molar-refractivity contribution in [3.8, 4) is 5.75 Å². The number of nitrogens with zero attached hydrogens (tertiary/aromatic N) is 2. The predicted octanol–water partition coefficient (Wildman–Crippen LogP) is 2.98. The molecular formula is C22H27IN4O5. The molecule has 0 saturated carbocycles. The number of benzene rings is 2. The number of aliphatic hydroxyl groups excluding tert-OH is 1. The molecule has 0 aliphatic rings. The smallest absolute Gasteiger partial charge is 0.144 e. The van der Waals surface area contributed by atoms with Crippen molar-refractivity contribution in [3.05, 3.63) is 46.3 Å². The van der Waals surface area contributed by atoms with E-state index >= 15 is 0 Å². The summed E-state index contributed by atoms with van der Waals surface area (Å²) in [5.41, 5.74) is 8.38. The lowest BCUT2D eigenvalue weighted by Gasteiger charge is -2.13. The van der Waals surface area contributed by atoms with Crippen molar-refractivity contribution >= 4 is 50.7 Å². The minimum absolute atomic E-state index is 0.0169. The maximum Gasteiger partial charge on any atom is 0.144 e. The summed E-state index contributed by atoms with van der Waals surface area (Å²) in [5, 5.41) is 12.7. The molecule has 172 valence electrons. The Kier molecular flexibility index (Phi) is 10.2. The molecule has 0 fully saturated rings. The van der Waals surface area contributed by atoms with Gasteiger partial charge in [0.05, 0.1) is 57.5 Å². The summed E-state index contributed by atoms with van der Waals surface area (Å²) >= 11 is 2.27. The van der Waals surface area contributed by atoms with E-state index in [1.807, 2.05) is 36.4 Å². The van der Waals surface area contributed by atoms with Crippen LogP contribution in [0.25, 0.3) is 10.9 Å². The predicted molar refractivity (Wildman–Crippen MR) is 131 cm³/mol. The molecule has 0 bridgehead atoms. The van der Waals surface area contributed by atoms with Crippen molar-refractivity contribution < 1.29 is 24.1 Å². The van der Waals surface area contributed by atoms with Crippen LogP contribution in [0.4, 0.5) is 17.2 Å². The van der Waals surface area contributed by atoms with E-state index in [2.05, 4.69) is 37.9 Å². The van der Waals surface area contributed by atoms with Gasteiger partial charge in [0.1, 0.15) is 24.5 Å². The van der Waals surface area contributed by atoms with E-state index < -0.39 is 0 Å². The quantitative estimate of drug-likeness (QED) is 0.157. The summed E-state index contributed by atoms with van der Waals surface area (Å²) in [4.78, 5) is 8.71. The number of aliphatic hydroxyl groups is 1. The van der Waals surface area contributed by atoms with Crippen LogP contribution in [0.15, 0.2) is 42.7 Å². The number of anilines is 3. The first kappa shape index (κ1) is 24.4. The molecule has 32 heavy (non-hydrogen) atoms. The Morgan fingerprint density at radius 1 is 0.906 bits per heavy atom. The lowest BCUT2D eigenvalue weighted by atomic mass is 10.2. The summed E-state index contributed by atoms with van der Waals surface area (Å²) in [6.07, 6.45) is 1.51. The Hall–Kier alpha value is -2.25. The number of aromatic nitrogens is 2. The lowest BCUT2D eigenvalue weighted by molar-refractivity contribution is 0.00364. The molecule has 0 aliphatic carbocycles. The summed E-state index contributed by atoms with van der Waals surface area (Å²) in [6.45, 7) is 2.95. The Morgan fingerprint density at radius 3 is 2.34 bits per heavy atom. The van der Waals surface area contributed by atoms with Crippen LogP contribution in [0.3, 0.4) is 0 Å². The second-order valence-electron chi connectivity index (χ2n) is 6.67. The third-order valence-corrected chi connectivity index (χ3v) is 4.99. The fraction of sp³-hybridized carbons (Fsp3) is 0.364. The third-order valence-electron chi connectivity index (χ3n) is 4.32. The van der Waals surface area contributed by atoms with Crippen LogP contribution >= 0.6 is 22.6 Å². The molecule has 0 aliphatic heterocycles. The lowest BCUT2D eigenvalue weighted by Crippen LogP contribution is -2.13. The van der Waals surface area contributed by atoms with Crippen molar-refractivity contribution in [2.75, 3.05) is 63.9 Å². The van der Waals surface area contributed by atoms with E-state index in [-0.39, 0.29) is 6.61 Å². The first-order chi connectivity index (χ1) is 15.7. The average Bonchev–Trinajstić information content (AvgIpc) is 2.78. The van der Waals surface area contributed by atoms with Gasteiger partial charge < -0.3 is 35.1 Å². The molecule has 0 unspecified atom stereocenters. The molecule has 3 rings (SSSR count). The minimum atomic E-state index is 0.0169. The van der Waals surface area contributed by atoms with E-state index in [0.29, 0.717) is 63.5 Å². The third kappa shape index (κ3) is 7.71. The molecule has 0 atom stereocenters. The summed E-state index contributed by atoms with van der Waals surface area (Å²) in [6, 6.07) is 11.6. The van der Waals surface area contributed by atoms with E-state index in [9.17, 15) is 0 Å². The van der Waals surface area contributed by atoms with Gasteiger partial charge in [-0.1, -0.05) is 6.07 Å². The minimum Gasteiger partial charge on any atom is -0.489 e. The second kappa shape index (κ2) is 13.3. The van der Waals surface area contributed by atoms with E-state index in [4.69, 9.17) is 29.8 Å². The van der Waals surface area contributed by atoms with Gasteiger partial charge in [0.2, 0.25) is 0 Å². The molecule has 1 aromatic heterocycles. The van der Waals surface area contributed by atoms with Crippen LogP contribution in [0.1, 0.15) is 0 Å². The fourth-order valence-corrected chi connectivity index (χ4v) is 3.39. The van der Waals surface area contributed by atoms with Gasteiger partial charge in [-0.15, -0.1) is 0 Å². The Bertz CT molecular complexity index is 992. The number of ether oxygens (including phenoxy) is 4. The van der Waals surface area contributed by atoms with Crippen molar-refractivity contribution in [1.82, 2.24) is 9.97 Å². The molecule has 4 N–H and O–H groups in total. The highest BCUT2D eigenvalue weighted by molar-refractivity contribution is 14.1. The first-order valence-electron chi connectivity index (χ1n) is 10.2. The van der Waals surface area contributed by atoms with Gasteiger partial charge in [-0.2, -0.15) is 0 Å². The maximum absolute atomic E-state index is 8.60. The van der Waals surface area contributed by atoms with E-state index in [0.717, 1.165) is 20.2 Å². The number of hydrogen-bond acceptors (Lipinski definition) is 9. The number of fused-ring (bicyclic) bond motifs is 1. The molecule has 1 heterocycles. The number of nitrogens with two attached hydrogens (primary N) is 1. The normalized spacial score (nSPS) is 11.1. The molecule has 0 saturated heterocycles. The van der Waals surface area contributed by atoms with Crippen LogP contribution in [0.2, 0.25) is 0 Å².